The predicted octanol–water partition coefficient (Wildman–Crippen LogP) is 2.95. The number of aromatic nitrogens is 5. The van der Waals surface area contributed by atoms with Crippen LogP contribution in [0, 0.1) is 22.7 Å². The fourth-order valence-corrected chi connectivity index (χ4v) is 5.40. The first-order valence-corrected chi connectivity index (χ1v) is 13.4. The predicted molar refractivity (Wildman–Crippen MR) is 144 cm³/mol. The van der Waals surface area contributed by atoms with E-state index in [0.29, 0.717) is 28.4 Å². The lowest BCUT2D eigenvalue weighted by Gasteiger charge is -2.24. The van der Waals surface area contributed by atoms with Gasteiger partial charge in [-0.3, -0.25) is 14.0 Å². The number of para-hydroxylation sites is 1. The summed E-state index contributed by atoms with van der Waals surface area (Å²) in [6.45, 7) is 1.44. The van der Waals surface area contributed by atoms with E-state index in [0.717, 1.165) is 0 Å². The molecule has 2 aromatic carbocycles. The molecule has 1 N–H and O–H groups in total. The van der Waals surface area contributed by atoms with Crippen LogP contribution in [0.15, 0.2) is 48.7 Å². The molecular weight excluding hydrogens is 536 g/mol. The fourth-order valence-electron chi connectivity index (χ4n) is 4.24. The molecule has 0 radical (unpaired) electrons. The summed E-state index contributed by atoms with van der Waals surface area (Å²) in [6, 6.07) is 15.2. The highest BCUT2D eigenvalue weighted by Gasteiger charge is 2.35. The average Bonchev–Trinajstić information content (AvgIpc) is 3.58. The van der Waals surface area contributed by atoms with Gasteiger partial charge in [0.05, 0.1) is 37.5 Å². The Kier molecular flexibility index (Phi) is 8.04. The van der Waals surface area contributed by atoms with Crippen molar-refractivity contribution >= 4 is 16.0 Å². The zero-order valence-corrected chi connectivity index (χ0v) is 23.2. The number of methoxy groups -OCH3 is 3. The first-order valence-electron chi connectivity index (χ1n) is 11.8. The topological polar surface area (TPSA) is 170 Å². The van der Waals surface area contributed by atoms with Crippen molar-refractivity contribution in [1.82, 2.24) is 24.5 Å². The molecule has 0 aliphatic heterocycles. The number of nitrogens with zero attached hydrogens (tertiary/aromatic N) is 7. The fraction of sp³-hybridized carbons (Fsp3) is 0.269. The standard InChI is InChI=1S/C26H26N8O5S/c1-16(24(39-5)19-10-9-17(14-27)13-18(19)15-28)40(35,36)32-26-30-29-25(20-11-12-33(2)31-20)34(26)23-21(37-3)7-6-8-22(23)38-4/h6-13,16,24H,1-5H3,(H,30,32)/t16-,24-/m1/s1. The molecule has 0 bridgehead atoms. The number of aryl methyl sites for hydroxylation is 1. The third-order valence-corrected chi connectivity index (χ3v) is 7.94. The molecule has 0 saturated heterocycles. The molecule has 40 heavy (non-hydrogen) atoms. The molecule has 0 saturated carbocycles. The summed E-state index contributed by atoms with van der Waals surface area (Å²) in [4.78, 5) is 0. The molecule has 0 aliphatic rings. The van der Waals surface area contributed by atoms with Crippen LogP contribution in [-0.2, 0) is 21.8 Å². The minimum absolute atomic E-state index is 0.132. The highest BCUT2D eigenvalue weighted by atomic mass is 32.2. The first kappa shape index (κ1) is 28.1. The Morgan fingerprint density at radius 3 is 2.25 bits per heavy atom. The molecule has 0 fully saturated rings. The van der Waals surface area contributed by atoms with Crippen LogP contribution in [0.4, 0.5) is 5.95 Å². The van der Waals surface area contributed by atoms with E-state index in [1.54, 1.807) is 42.2 Å². The Morgan fingerprint density at radius 1 is 1.00 bits per heavy atom. The molecule has 206 valence electrons. The maximum atomic E-state index is 13.7. The molecule has 4 aromatic rings. The highest BCUT2D eigenvalue weighted by Crippen LogP contribution is 2.38. The zero-order valence-electron chi connectivity index (χ0n) is 22.4. The molecule has 2 heterocycles. The summed E-state index contributed by atoms with van der Waals surface area (Å²) >= 11 is 0. The van der Waals surface area contributed by atoms with Crippen molar-refractivity contribution < 1.29 is 22.6 Å². The molecule has 14 heteroatoms. The lowest BCUT2D eigenvalue weighted by atomic mass is 9.99. The van der Waals surface area contributed by atoms with Crippen LogP contribution in [0.1, 0.15) is 29.7 Å². The van der Waals surface area contributed by atoms with Crippen molar-refractivity contribution in [2.75, 3.05) is 26.1 Å². The van der Waals surface area contributed by atoms with Gasteiger partial charge in [-0.15, -0.1) is 10.2 Å². The third kappa shape index (κ3) is 5.18. The summed E-state index contributed by atoms with van der Waals surface area (Å²) in [5, 5.41) is 30.4. The minimum Gasteiger partial charge on any atom is -0.494 e. The number of nitrogens with one attached hydrogen (secondary N) is 1. The van der Waals surface area contributed by atoms with Gasteiger partial charge >= 0.3 is 0 Å². The van der Waals surface area contributed by atoms with Crippen LogP contribution < -0.4 is 14.2 Å². The molecule has 2 aromatic heterocycles. The zero-order chi connectivity index (χ0) is 29.0. The Bertz CT molecular complexity index is 1710. The van der Waals surface area contributed by atoms with E-state index >= 15 is 0 Å². The summed E-state index contributed by atoms with van der Waals surface area (Å²) in [5.74, 6) is 0.827. The molecule has 13 nitrogen and oxygen atoms in total. The Balaban J connectivity index is 1.83. The molecule has 0 amide bonds. The monoisotopic (exact) mass is 562 g/mol. The average molecular weight is 563 g/mol. The number of ether oxygens (including phenoxy) is 3. The van der Waals surface area contributed by atoms with Crippen molar-refractivity contribution in [3.63, 3.8) is 0 Å². The number of hydrogen-bond donors (Lipinski definition) is 1. The number of rotatable bonds is 10. The number of hydrogen-bond acceptors (Lipinski definition) is 10. The van der Waals surface area contributed by atoms with Gasteiger partial charge in [0, 0.05) is 20.4 Å². The van der Waals surface area contributed by atoms with E-state index in [1.165, 1.54) is 51.0 Å². The van der Waals surface area contributed by atoms with E-state index in [9.17, 15) is 18.9 Å². The minimum atomic E-state index is -4.23. The Morgan fingerprint density at radius 2 is 1.70 bits per heavy atom. The highest BCUT2D eigenvalue weighted by molar-refractivity contribution is 7.93. The van der Waals surface area contributed by atoms with E-state index in [2.05, 4.69) is 20.0 Å². The molecule has 0 spiro atoms. The van der Waals surface area contributed by atoms with Crippen LogP contribution in [0.25, 0.3) is 17.2 Å². The van der Waals surface area contributed by atoms with Crippen LogP contribution in [0.2, 0.25) is 0 Å². The Labute approximate surface area is 231 Å². The maximum Gasteiger partial charge on any atom is 0.243 e. The van der Waals surface area contributed by atoms with Gasteiger partial charge in [0.1, 0.15) is 34.2 Å². The van der Waals surface area contributed by atoms with Gasteiger partial charge < -0.3 is 14.2 Å². The van der Waals surface area contributed by atoms with Crippen molar-refractivity contribution in [2.24, 2.45) is 7.05 Å². The number of nitriles is 2. The van der Waals surface area contributed by atoms with E-state index in [1.807, 2.05) is 12.1 Å². The quantitative estimate of drug-likeness (QED) is 0.303. The van der Waals surface area contributed by atoms with Crippen LogP contribution >= 0.6 is 0 Å². The van der Waals surface area contributed by atoms with Crippen molar-refractivity contribution in [3.05, 3.63) is 65.4 Å². The first-order chi connectivity index (χ1) is 19.2. The second-order valence-electron chi connectivity index (χ2n) is 8.60. The van der Waals surface area contributed by atoms with Gasteiger partial charge in [0.25, 0.3) is 0 Å². The summed E-state index contributed by atoms with van der Waals surface area (Å²) in [6.07, 6.45) is 0.667. The number of sulfonamides is 1. The summed E-state index contributed by atoms with van der Waals surface area (Å²) in [5.41, 5.74) is 1.50. The molecule has 0 unspecified atom stereocenters. The SMILES string of the molecule is COc1cccc(OC)c1-n1c(NS(=O)(=O)[C@H](C)[C@@H](OC)c2ccc(C#N)cc2C#N)nnc1-c1ccn(C)n1. The smallest absolute Gasteiger partial charge is 0.243 e. The normalized spacial score (nSPS) is 12.7. The second-order valence-corrected chi connectivity index (χ2v) is 10.6. The lowest BCUT2D eigenvalue weighted by Crippen LogP contribution is -2.33. The number of anilines is 1. The van der Waals surface area contributed by atoms with E-state index in [-0.39, 0.29) is 22.9 Å². The van der Waals surface area contributed by atoms with Crippen molar-refractivity contribution in [2.45, 2.75) is 18.3 Å². The van der Waals surface area contributed by atoms with Gasteiger partial charge in [-0.05, 0) is 42.8 Å². The second kappa shape index (κ2) is 11.4. The van der Waals surface area contributed by atoms with E-state index < -0.39 is 21.4 Å². The molecule has 2 atom stereocenters. The van der Waals surface area contributed by atoms with Crippen molar-refractivity contribution in [1.29, 1.82) is 10.5 Å². The molecule has 0 aliphatic carbocycles. The largest absolute Gasteiger partial charge is 0.494 e. The Hall–Kier alpha value is -4.92. The number of benzene rings is 2. The van der Waals surface area contributed by atoms with Crippen LogP contribution in [-0.4, -0.2) is 59.5 Å². The van der Waals surface area contributed by atoms with Gasteiger partial charge in [-0.25, -0.2) is 8.42 Å². The van der Waals surface area contributed by atoms with Gasteiger partial charge in [0.2, 0.25) is 16.0 Å². The van der Waals surface area contributed by atoms with Gasteiger partial charge in [0.15, 0.2) is 5.82 Å². The van der Waals surface area contributed by atoms with Crippen LogP contribution in [0.5, 0.6) is 11.5 Å². The van der Waals surface area contributed by atoms with Gasteiger partial charge in [-0.1, -0.05) is 12.1 Å². The van der Waals surface area contributed by atoms with Gasteiger partial charge in [-0.2, -0.15) is 15.6 Å². The van der Waals surface area contributed by atoms with Crippen LogP contribution in [0.3, 0.4) is 0 Å². The lowest BCUT2D eigenvalue weighted by molar-refractivity contribution is 0.102. The summed E-state index contributed by atoms with van der Waals surface area (Å²) in [7, 11) is 1.81. The van der Waals surface area contributed by atoms with E-state index in [4.69, 9.17) is 14.2 Å². The van der Waals surface area contributed by atoms with Crippen molar-refractivity contribution in [3.8, 4) is 40.8 Å². The molecular formula is C26H26N8O5S. The summed E-state index contributed by atoms with van der Waals surface area (Å²) < 4.78 is 49.7. The maximum absolute atomic E-state index is 13.7. The third-order valence-electron chi connectivity index (χ3n) is 6.24. The molecule has 4 rings (SSSR count).